The smallest absolute Gasteiger partial charge is 0.183 e. The Bertz CT molecular complexity index is 1380. The number of H-pyrrole nitrogens is 2. The fraction of sp³-hybridized carbons (Fsp3) is 0.0435. The Morgan fingerprint density at radius 2 is 1.87 bits per heavy atom. The molecule has 30 heavy (non-hydrogen) atoms. The maximum absolute atomic E-state index is 5.74. The quantitative estimate of drug-likeness (QED) is 0.256. The van der Waals surface area contributed by atoms with E-state index >= 15 is 0 Å². The van der Waals surface area contributed by atoms with Gasteiger partial charge in [-0.3, -0.25) is 4.57 Å². The van der Waals surface area contributed by atoms with Crippen LogP contribution in [0.4, 0.5) is 5.82 Å². The summed E-state index contributed by atoms with van der Waals surface area (Å²) in [5.41, 5.74) is 6.09. The Morgan fingerprint density at radius 1 is 1.00 bits per heavy atom. The van der Waals surface area contributed by atoms with Crippen LogP contribution in [0.2, 0.25) is 0 Å². The molecule has 2 heterocycles. The second-order valence-corrected chi connectivity index (χ2v) is 8.25. The third-order valence-corrected chi connectivity index (χ3v) is 5.75. The fourth-order valence-electron chi connectivity index (χ4n) is 3.57. The number of rotatable bonds is 5. The van der Waals surface area contributed by atoms with Crippen molar-refractivity contribution in [1.29, 1.82) is 0 Å². The summed E-state index contributed by atoms with van der Waals surface area (Å²) >= 11 is 9.33. The van der Waals surface area contributed by atoms with Crippen molar-refractivity contribution < 1.29 is 0 Å². The highest BCUT2D eigenvalue weighted by molar-refractivity contribution is 9.10. The maximum atomic E-state index is 5.74. The number of aromatic nitrogens is 4. The maximum Gasteiger partial charge on any atom is 0.183 e. The zero-order valence-electron chi connectivity index (χ0n) is 15.9. The summed E-state index contributed by atoms with van der Waals surface area (Å²) in [6.45, 7) is 0.691. The van der Waals surface area contributed by atoms with E-state index in [2.05, 4.69) is 71.1 Å². The first-order chi connectivity index (χ1) is 14.7. The lowest BCUT2D eigenvalue weighted by Crippen LogP contribution is -2.03. The van der Waals surface area contributed by atoms with Crippen molar-refractivity contribution in [3.05, 3.63) is 93.9 Å². The highest BCUT2D eigenvalue weighted by atomic mass is 79.9. The molecule has 0 radical (unpaired) electrons. The molecule has 7 heteroatoms. The first kappa shape index (κ1) is 18.8. The summed E-state index contributed by atoms with van der Waals surface area (Å²) in [5.74, 6) is 0.881. The van der Waals surface area contributed by atoms with Crippen molar-refractivity contribution >= 4 is 45.0 Å². The van der Waals surface area contributed by atoms with Crippen LogP contribution < -0.4 is 5.32 Å². The summed E-state index contributed by atoms with van der Waals surface area (Å²) in [6.07, 6.45) is 1.70. The topological polar surface area (TPSA) is 61.4 Å². The normalized spacial score (nSPS) is 11.1. The van der Waals surface area contributed by atoms with Gasteiger partial charge in [-0.25, -0.2) is 4.98 Å². The first-order valence-electron chi connectivity index (χ1n) is 9.51. The molecule has 2 aromatic heterocycles. The Kier molecular flexibility index (Phi) is 4.98. The van der Waals surface area contributed by atoms with Gasteiger partial charge in [-0.05, 0) is 48.1 Å². The average Bonchev–Trinajstić information content (AvgIpc) is 3.36. The summed E-state index contributed by atoms with van der Waals surface area (Å²) in [4.78, 5) is 10.9. The van der Waals surface area contributed by atoms with Crippen LogP contribution in [0.3, 0.4) is 0 Å². The van der Waals surface area contributed by atoms with Crippen LogP contribution in [0.25, 0.3) is 28.0 Å². The minimum absolute atomic E-state index is 0.624. The van der Waals surface area contributed by atoms with E-state index in [0.29, 0.717) is 11.3 Å². The van der Waals surface area contributed by atoms with E-state index in [9.17, 15) is 0 Å². The molecular weight excluding hydrogens is 458 g/mol. The Morgan fingerprint density at radius 3 is 2.70 bits per heavy atom. The minimum atomic E-state index is 0.624. The van der Waals surface area contributed by atoms with Gasteiger partial charge >= 0.3 is 0 Å². The highest BCUT2D eigenvalue weighted by Gasteiger charge is 2.17. The van der Waals surface area contributed by atoms with E-state index in [0.717, 1.165) is 38.3 Å². The van der Waals surface area contributed by atoms with Crippen LogP contribution in [0.1, 0.15) is 5.56 Å². The molecule has 0 bridgehead atoms. The van der Waals surface area contributed by atoms with Crippen molar-refractivity contribution in [2.24, 2.45) is 0 Å². The summed E-state index contributed by atoms with van der Waals surface area (Å²) in [5, 5.41) is 3.53. The molecule has 0 spiro atoms. The number of benzene rings is 3. The van der Waals surface area contributed by atoms with Crippen molar-refractivity contribution in [2.45, 2.75) is 6.54 Å². The second-order valence-electron chi connectivity index (χ2n) is 6.94. The van der Waals surface area contributed by atoms with E-state index in [-0.39, 0.29) is 0 Å². The fourth-order valence-corrected chi connectivity index (χ4v) is 4.27. The summed E-state index contributed by atoms with van der Waals surface area (Å²) in [7, 11) is 0. The number of nitrogens with one attached hydrogen (secondary N) is 3. The van der Waals surface area contributed by atoms with E-state index in [1.807, 2.05) is 42.5 Å². The molecule has 0 atom stereocenters. The van der Waals surface area contributed by atoms with E-state index in [1.165, 1.54) is 5.56 Å². The van der Waals surface area contributed by atoms with E-state index < -0.39 is 0 Å². The molecule has 0 amide bonds. The molecule has 0 fully saturated rings. The second kappa shape index (κ2) is 7.93. The van der Waals surface area contributed by atoms with Crippen LogP contribution in [0.15, 0.2) is 83.6 Å². The van der Waals surface area contributed by atoms with Gasteiger partial charge in [0, 0.05) is 16.6 Å². The van der Waals surface area contributed by atoms with Gasteiger partial charge in [0.25, 0.3) is 0 Å². The zero-order valence-corrected chi connectivity index (χ0v) is 18.3. The SMILES string of the molecule is S=c1[nH]c(NCc2ccccc2)c(-c2cccc(Br)c2)n1-c1ccc2nc[nH]c2c1. The Hall–Kier alpha value is -3.16. The predicted molar refractivity (Wildman–Crippen MR) is 128 cm³/mol. The molecule has 5 rings (SSSR count). The molecule has 148 valence electrons. The Labute approximate surface area is 186 Å². The van der Waals surface area contributed by atoms with Gasteiger partial charge in [-0.1, -0.05) is 58.4 Å². The van der Waals surface area contributed by atoms with Crippen LogP contribution >= 0.6 is 28.1 Å². The number of fused-ring (bicyclic) bond motifs is 1. The molecule has 3 N–H and O–H groups in total. The van der Waals surface area contributed by atoms with Crippen LogP contribution in [0, 0.1) is 4.77 Å². The van der Waals surface area contributed by atoms with Gasteiger partial charge in [0.15, 0.2) is 4.77 Å². The Balaban J connectivity index is 1.65. The van der Waals surface area contributed by atoms with Crippen molar-refractivity contribution in [3.8, 4) is 16.9 Å². The van der Waals surface area contributed by atoms with Gasteiger partial charge < -0.3 is 15.3 Å². The van der Waals surface area contributed by atoms with Crippen LogP contribution in [0.5, 0.6) is 0 Å². The lowest BCUT2D eigenvalue weighted by molar-refractivity contribution is 1.04. The molecule has 0 unspecified atom stereocenters. The van der Waals surface area contributed by atoms with Crippen LogP contribution in [-0.4, -0.2) is 19.5 Å². The van der Waals surface area contributed by atoms with Crippen molar-refractivity contribution in [3.63, 3.8) is 0 Å². The van der Waals surface area contributed by atoms with Gasteiger partial charge in [-0.2, -0.15) is 0 Å². The zero-order chi connectivity index (χ0) is 20.5. The van der Waals surface area contributed by atoms with Crippen LogP contribution in [-0.2, 0) is 6.54 Å². The monoisotopic (exact) mass is 475 g/mol. The molecule has 0 aliphatic rings. The van der Waals surface area contributed by atoms with Gasteiger partial charge in [0.05, 0.1) is 28.7 Å². The third kappa shape index (κ3) is 3.58. The summed E-state index contributed by atoms with van der Waals surface area (Å²) in [6, 6.07) is 24.6. The summed E-state index contributed by atoms with van der Waals surface area (Å²) < 4.78 is 3.70. The largest absolute Gasteiger partial charge is 0.366 e. The van der Waals surface area contributed by atoms with E-state index in [4.69, 9.17) is 12.2 Å². The lowest BCUT2D eigenvalue weighted by Gasteiger charge is -2.12. The number of hydrogen-bond acceptors (Lipinski definition) is 3. The molecule has 5 aromatic rings. The minimum Gasteiger partial charge on any atom is -0.366 e. The van der Waals surface area contributed by atoms with Gasteiger partial charge in [0.2, 0.25) is 0 Å². The molecule has 0 saturated carbocycles. The average molecular weight is 476 g/mol. The number of hydrogen-bond donors (Lipinski definition) is 3. The van der Waals surface area contributed by atoms with Gasteiger partial charge in [0.1, 0.15) is 5.82 Å². The molecule has 3 aromatic carbocycles. The molecule has 5 nitrogen and oxygen atoms in total. The van der Waals surface area contributed by atoms with Crippen molar-refractivity contribution in [1.82, 2.24) is 19.5 Å². The molecule has 0 aliphatic heterocycles. The first-order valence-corrected chi connectivity index (χ1v) is 10.7. The van der Waals surface area contributed by atoms with Crippen molar-refractivity contribution in [2.75, 3.05) is 5.32 Å². The molecule has 0 saturated heterocycles. The number of halogens is 1. The lowest BCUT2D eigenvalue weighted by atomic mass is 10.1. The third-order valence-electron chi connectivity index (χ3n) is 4.97. The highest BCUT2D eigenvalue weighted by Crippen LogP contribution is 2.33. The molecular formula is C23H18BrN5S. The molecule has 0 aliphatic carbocycles. The number of anilines is 1. The standard InChI is InChI=1S/C23H18BrN5S/c24-17-8-4-7-16(11-17)21-22(25-13-15-5-2-1-3-6-15)28-23(30)29(21)18-9-10-19-20(12-18)27-14-26-19/h1-12,14,25H,13H2,(H,26,27)(H,28,30). The van der Waals surface area contributed by atoms with E-state index in [1.54, 1.807) is 6.33 Å². The number of aromatic amines is 2. The predicted octanol–water partition coefficient (Wildman–Crippen LogP) is 6.45. The number of nitrogens with zero attached hydrogens (tertiary/aromatic N) is 2. The van der Waals surface area contributed by atoms with Gasteiger partial charge in [-0.15, -0.1) is 0 Å². The number of imidazole rings is 2.